The van der Waals surface area contributed by atoms with Gasteiger partial charge in [0.05, 0.1) is 16.6 Å². The second kappa shape index (κ2) is 26.2. The SMILES string of the molecule is S=C(NCCCNc1ccnc2cc(Cl)ccc12)NCCN(CCNC(=S)NCCCNc1ccnc2cc(Cl)ccc12)CCNC(=S)NCCCNc1ccnc2cc(Cl)ccc12. The van der Waals surface area contributed by atoms with Crippen LogP contribution in [0.25, 0.3) is 32.7 Å². The Hall–Kier alpha value is -4.81. The summed E-state index contributed by atoms with van der Waals surface area (Å²) in [6, 6.07) is 23.2. The first-order chi connectivity index (χ1) is 31.2. The van der Waals surface area contributed by atoms with Crippen molar-refractivity contribution in [2.45, 2.75) is 19.3 Å². The standard InChI is InChI=1S/C45H54Cl3N13S3/c46-31-4-7-34-37(10-19-52-40(34)28-31)49-13-1-16-55-43(62)58-22-25-61(26-23-59-44(63)56-17-2-14-50-38-11-20-53-41-29-32(47)5-8-35(38)41)27-24-60-45(64)57-18-3-15-51-39-12-21-54-42-30-33(48)6-9-36(39)42/h4-12,19-21,28-30H,1-3,13-18,22-27H2,(H,49,52)(H,50,53)(H,51,54)(H2,55,58,62)(H2,56,59,63)(H2,57,60,64). The summed E-state index contributed by atoms with van der Waals surface area (Å²) in [5.41, 5.74) is 5.69. The average molecular weight is 980 g/mol. The van der Waals surface area contributed by atoms with Gasteiger partial charge in [0.25, 0.3) is 0 Å². The molecule has 19 heteroatoms. The predicted molar refractivity (Wildman–Crippen MR) is 282 cm³/mol. The van der Waals surface area contributed by atoms with Crippen LogP contribution in [0.3, 0.4) is 0 Å². The minimum absolute atomic E-state index is 0.628. The summed E-state index contributed by atoms with van der Waals surface area (Å²) >= 11 is 35.3. The van der Waals surface area contributed by atoms with Crippen LogP contribution in [0.15, 0.2) is 91.4 Å². The van der Waals surface area contributed by atoms with Crippen LogP contribution in [-0.2, 0) is 0 Å². The number of thiocarbonyl (C=S) groups is 3. The Kier molecular flexibility index (Phi) is 19.9. The van der Waals surface area contributed by atoms with Crippen LogP contribution >= 0.6 is 71.5 Å². The molecule has 0 radical (unpaired) electrons. The summed E-state index contributed by atoms with van der Waals surface area (Å²) in [7, 11) is 0. The van der Waals surface area contributed by atoms with Crippen molar-refractivity contribution in [1.29, 1.82) is 0 Å². The molecule has 0 saturated heterocycles. The molecular formula is C45H54Cl3N13S3. The molecule has 0 aliphatic rings. The predicted octanol–water partition coefficient (Wildman–Crippen LogP) is 7.79. The van der Waals surface area contributed by atoms with E-state index in [1.54, 1.807) is 18.6 Å². The number of nitrogens with zero attached hydrogens (tertiary/aromatic N) is 4. The van der Waals surface area contributed by atoms with Gasteiger partial charge in [0.15, 0.2) is 15.3 Å². The molecule has 0 amide bonds. The van der Waals surface area contributed by atoms with Gasteiger partial charge in [-0.15, -0.1) is 0 Å². The van der Waals surface area contributed by atoms with Crippen molar-refractivity contribution in [3.05, 3.63) is 106 Å². The third-order valence-electron chi connectivity index (χ3n) is 10.1. The molecule has 64 heavy (non-hydrogen) atoms. The van der Waals surface area contributed by atoms with Crippen molar-refractivity contribution < 1.29 is 0 Å². The summed E-state index contributed by atoms with van der Waals surface area (Å²) < 4.78 is 0. The molecule has 6 rings (SSSR count). The number of hydrogen-bond acceptors (Lipinski definition) is 10. The maximum Gasteiger partial charge on any atom is 0.166 e. The molecule has 9 N–H and O–H groups in total. The monoisotopic (exact) mass is 977 g/mol. The van der Waals surface area contributed by atoms with Crippen LogP contribution in [0, 0.1) is 0 Å². The van der Waals surface area contributed by atoms with Crippen LogP contribution in [0.2, 0.25) is 15.1 Å². The van der Waals surface area contributed by atoms with Crippen LogP contribution < -0.4 is 47.9 Å². The third kappa shape index (κ3) is 16.0. The Morgan fingerprint density at radius 2 is 0.703 bits per heavy atom. The maximum absolute atomic E-state index is 6.15. The van der Waals surface area contributed by atoms with Gasteiger partial charge in [0.1, 0.15) is 0 Å². The van der Waals surface area contributed by atoms with Gasteiger partial charge in [-0.3, -0.25) is 19.9 Å². The van der Waals surface area contributed by atoms with E-state index < -0.39 is 0 Å². The fraction of sp³-hybridized carbons (Fsp3) is 0.333. The number of rotatable bonds is 24. The summed E-state index contributed by atoms with van der Waals surface area (Å²) in [5, 5.41) is 37.6. The van der Waals surface area contributed by atoms with Crippen LogP contribution in [0.1, 0.15) is 19.3 Å². The van der Waals surface area contributed by atoms with Gasteiger partial charge >= 0.3 is 0 Å². The van der Waals surface area contributed by atoms with Gasteiger partial charge in [0, 0.05) is 145 Å². The minimum Gasteiger partial charge on any atom is -0.384 e. The molecule has 0 fully saturated rings. The molecule has 6 aromatic rings. The van der Waals surface area contributed by atoms with Crippen molar-refractivity contribution in [2.24, 2.45) is 0 Å². The van der Waals surface area contributed by atoms with Crippen molar-refractivity contribution in [1.82, 2.24) is 51.8 Å². The fourth-order valence-corrected chi connectivity index (χ4v) is 7.98. The van der Waals surface area contributed by atoms with E-state index in [0.29, 0.717) is 50.0 Å². The number of nitrogens with one attached hydrogen (secondary N) is 9. The highest BCUT2D eigenvalue weighted by Gasteiger charge is 2.09. The van der Waals surface area contributed by atoms with Crippen molar-refractivity contribution in [3.8, 4) is 0 Å². The zero-order valence-electron chi connectivity index (χ0n) is 35.4. The maximum atomic E-state index is 6.15. The molecule has 338 valence electrons. The van der Waals surface area contributed by atoms with Gasteiger partial charge in [-0.1, -0.05) is 34.8 Å². The number of fused-ring (bicyclic) bond motifs is 3. The molecule has 0 saturated carbocycles. The van der Waals surface area contributed by atoms with Gasteiger partial charge in [-0.05, 0) is 129 Å². The Morgan fingerprint density at radius 1 is 0.406 bits per heavy atom. The number of halogens is 3. The molecule has 0 spiro atoms. The van der Waals surface area contributed by atoms with Crippen molar-refractivity contribution in [2.75, 3.05) is 94.5 Å². The number of benzene rings is 3. The van der Waals surface area contributed by atoms with Gasteiger partial charge in [0.2, 0.25) is 0 Å². The molecule has 0 aliphatic carbocycles. The van der Waals surface area contributed by atoms with E-state index in [-0.39, 0.29) is 0 Å². The fourth-order valence-electron chi connectivity index (χ4n) is 6.87. The minimum atomic E-state index is 0.628. The van der Waals surface area contributed by atoms with Gasteiger partial charge in [-0.25, -0.2) is 0 Å². The van der Waals surface area contributed by atoms with E-state index in [4.69, 9.17) is 71.5 Å². The summed E-state index contributed by atoms with van der Waals surface area (Å²) in [4.78, 5) is 15.6. The molecule has 13 nitrogen and oxygen atoms in total. The van der Waals surface area contributed by atoms with E-state index in [1.807, 2.05) is 72.8 Å². The number of anilines is 3. The zero-order valence-corrected chi connectivity index (χ0v) is 40.1. The normalized spacial score (nSPS) is 11.1. The topological polar surface area (TPSA) is 150 Å². The Morgan fingerprint density at radius 3 is 1.02 bits per heavy atom. The quantitative estimate of drug-likeness (QED) is 0.0214. The van der Waals surface area contributed by atoms with E-state index in [0.717, 1.165) is 128 Å². The zero-order chi connectivity index (χ0) is 44.9. The summed E-state index contributed by atoms with van der Waals surface area (Å²) in [6.07, 6.45) is 8.02. The number of aromatic nitrogens is 3. The highest BCUT2D eigenvalue weighted by atomic mass is 35.5. The Labute approximate surface area is 406 Å². The molecular weight excluding hydrogens is 925 g/mol. The number of pyridine rings is 3. The van der Waals surface area contributed by atoms with Gasteiger partial charge < -0.3 is 47.9 Å². The molecule has 0 unspecified atom stereocenters. The van der Waals surface area contributed by atoms with E-state index in [2.05, 4.69) is 67.7 Å². The Bertz CT molecular complexity index is 2210. The lowest BCUT2D eigenvalue weighted by atomic mass is 10.2. The first kappa shape index (κ1) is 48.6. The average Bonchev–Trinajstić information content (AvgIpc) is 3.28. The second-order valence-corrected chi connectivity index (χ2v) is 17.3. The molecule has 3 aromatic carbocycles. The van der Waals surface area contributed by atoms with Crippen molar-refractivity contribution >= 4 is 137 Å². The van der Waals surface area contributed by atoms with E-state index >= 15 is 0 Å². The molecule has 0 atom stereocenters. The van der Waals surface area contributed by atoms with Crippen LogP contribution in [-0.4, -0.2) is 114 Å². The lowest BCUT2D eigenvalue weighted by Crippen LogP contribution is -2.46. The first-order valence-electron chi connectivity index (χ1n) is 21.3. The van der Waals surface area contributed by atoms with Crippen LogP contribution in [0.4, 0.5) is 17.1 Å². The second-order valence-electron chi connectivity index (χ2n) is 14.8. The highest BCUT2D eigenvalue weighted by Crippen LogP contribution is 2.26. The van der Waals surface area contributed by atoms with Gasteiger partial charge in [-0.2, -0.15) is 0 Å². The largest absolute Gasteiger partial charge is 0.384 e. The smallest absolute Gasteiger partial charge is 0.166 e. The summed E-state index contributed by atoms with van der Waals surface area (Å²) in [5.74, 6) is 0. The molecule has 0 bridgehead atoms. The molecule has 0 aliphatic heterocycles. The highest BCUT2D eigenvalue weighted by molar-refractivity contribution is 7.80. The third-order valence-corrected chi connectivity index (χ3v) is 11.7. The first-order valence-corrected chi connectivity index (χ1v) is 23.7. The summed E-state index contributed by atoms with van der Waals surface area (Å²) in [6.45, 7) is 8.91. The van der Waals surface area contributed by atoms with E-state index in [9.17, 15) is 0 Å². The molecule has 3 heterocycles. The Balaban J connectivity index is 0.874. The lowest BCUT2D eigenvalue weighted by molar-refractivity contribution is 0.285. The number of hydrogen-bond donors (Lipinski definition) is 9. The van der Waals surface area contributed by atoms with Crippen molar-refractivity contribution in [3.63, 3.8) is 0 Å². The van der Waals surface area contributed by atoms with E-state index in [1.165, 1.54) is 0 Å². The molecule has 3 aromatic heterocycles. The lowest BCUT2D eigenvalue weighted by Gasteiger charge is -2.24. The van der Waals surface area contributed by atoms with Crippen LogP contribution in [0.5, 0.6) is 0 Å².